The van der Waals surface area contributed by atoms with Gasteiger partial charge in [-0.1, -0.05) is 6.07 Å². The maximum atomic E-state index is 12.5. The predicted octanol–water partition coefficient (Wildman–Crippen LogP) is 2.60. The molecule has 3 rings (SSSR count). The molecule has 0 atom stereocenters. The molecule has 0 spiro atoms. The van der Waals surface area contributed by atoms with Crippen molar-refractivity contribution in [3.63, 3.8) is 0 Å². The molecule has 0 unspecified atom stereocenters. The van der Waals surface area contributed by atoms with E-state index in [0.717, 1.165) is 16.4 Å². The van der Waals surface area contributed by atoms with Gasteiger partial charge in [0.25, 0.3) is 5.91 Å². The van der Waals surface area contributed by atoms with Gasteiger partial charge in [-0.15, -0.1) is 11.3 Å². The number of nitrogens with zero attached hydrogens (tertiary/aromatic N) is 1. The highest BCUT2D eigenvalue weighted by molar-refractivity contribution is 7.89. The Kier molecular flexibility index (Phi) is 5.87. The molecule has 3 aromatic rings. The monoisotopic (exact) mass is 433 g/mol. The van der Waals surface area contributed by atoms with Gasteiger partial charge < -0.3 is 14.6 Å². The van der Waals surface area contributed by atoms with Crippen LogP contribution in [0.3, 0.4) is 0 Å². The number of aromatic nitrogens is 1. The van der Waals surface area contributed by atoms with Crippen molar-refractivity contribution >= 4 is 38.9 Å². The highest BCUT2D eigenvalue weighted by atomic mass is 32.2. The molecule has 1 aromatic carbocycles. The highest BCUT2D eigenvalue weighted by Gasteiger charge is 2.19. The van der Waals surface area contributed by atoms with E-state index in [2.05, 4.69) is 5.32 Å². The smallest absolute Gasteiger partial charge is 0.341 e. The lowest BCUT2D eigenvalue weighted by atomic mass is 10.3. The second-order valence-electron chi connectivity index (χ2n) is 6.29. The normalized spacial score (nSPS) is 11.3. The number of amides is 1. The zero-order valence-corrected chi connectivity index (χ0v) is 17.3. The second-order valence-corrected chi connectivity index (χ2v) is 8.74. The maximum Gasteiger partial charge on any atom is 0.341 e. The number of thiophene rings is 1. The van der Waals surface area contributed by atoms with Crippen molar-refractivity contribution in [2.75, 3.05) is 11.9 Å². The number of sulfonamides is 1. The molecule has 0 aliphatic carbocycles. The number of nitrogens with two attached hydrogens (primary N) is 1. The van der Waals surface area contributed by atoms with E-state index in [1.807, 2.05) is 30.5 Å². The van der Waals surface area contributed by atoms with E-state index in [1.54, 1.807) is 11.4 Å². The first kappa shape index (κ1) is 20.8. The van der Waals surface area contributed by atoms with Gasteiger partial charge in [0.2, 0.25) is 10.0 Å². The lowest BCUT2D eigenvalue weighted by molar-refractivity contribution is -0.119. The van der Waals surface area contributed by atoms with Gasteiger partial charge in [0.15, 0.2) is 6.61 Å². The highest BCUT2D eigenvalue weighted by Crippen LogP contribution is 2.26. The fourth-order valence-electron chi connectivity index (χ4n) is 2.78. The first-order chi connectivity index (χ1) is 13.7. The van der Waals surface area contributed by atoms with Gasteiger partial charge in [-0.2, -0.15) is 0 Å². The van der Waals surface area contributed by atoms with Crippen LogP contribution in [0.25, 0.3) is 5.00 Å². The van der Waals surface area contributed by atoms with Crippen LogP contribution in [0.5, 0.6) is 0 Å². The predicted molar refractivity (Wildman–Crippen MR) is 110 cm³/mol. The standard InChI is InChI=1S/C19H19N3O5S2/c1-12-6-7-13(2)22(12)18-16(8-9-28-18)19(24)27-11-17(23)21-14-4-3-5-15(10-14)29(20,25)26/h3-10H,11H2,1-2H3,(H,21,23)(H2,20,25,26). The Morgan fingerprint density at radius 2 is 1.83 bits per heavy atom. The third-order valence-corrected chi connectivity index (χ3v) is 5.93. The average Bonchev–Trinajstić information content (AvgIpc) is 3.25. The molecule has 1 amide bonds. The van der Waals surface area contributed by atoms with Crippen LogP contribution in [0.1, 0.15) is 21.7 Å². The molecule has 0 fully saturated rings. The number of aryl methyl sites for hydroxylation is 2. The van der Waals surface area contributed by atoms with Gasteiger partial charge >= 0.3 is 5.97 Å². The minimum atomic E-state index is -3.89. The summed E-state index contributed by atoms with van der Waals surface area (Å²) >= 11 is 1.40. The molecule has 29 heavy (non-hydrogen) atoms. The van der Waals surface area contributed by atoms with E-state index in [9.17, 15) is 18.0 Å². The number of carbonyl (C=O) groups is 2. The summed E-state index contributed by atoms with van der Waals surface area (Å²) in [4.78, 5) is 24.4. The van der Waals surface area contributed by atoms with Crippen LogP contribution in [-0.4, -0.2) is 31.5 Å². The Bertz CT molecular complexity index is 1160. The van der Waals surface area contributed by atoms with Crippen molar-refractivity contribution in [3.05, 3.63) is 64.8 Å². The van der Waals surface area contributed by atoms with Crippen LogP contribution >= 0.6 is 11.3 Å². The van der Waals surface area contributed by atoms with Crippen LogP contribution in [0.2, 0.25) is 0 Å². The summed E-state index contributed by atoms with van der Waals surface area (Å²) in [6.45, 7) is 3.35. The molecule has 0 saturated heterocycles. The molecule has 0 saturated carbocycles. The van der Waals surface area contributed by atoms with E-state index in [-0.39, 0.29) is 10.6 Å². The quantitative estimate of drug-likeness (QED) is 0.579. The fraction of sp³-hybridized carbons (Fsp3) is 0.158. The molecular weight excluding hydrogens is 414 g/mol. The maximum absolute atomic E-state index is 12.5. The number of nitrogens with one attached hydrogen (secondary N) is 1. The van der Waals surface area contributed by atoms with Crippen LogP contribution in [0.4, 0.5) is 5.69 Å². The summed E-state index contributed by atoms with van der Waals surface area (Å²) < 4.78 is 29.9. The van der Waals surface area contributed by atoms with Crippen molar-refractivity contribution in [1.82, 2.24) is 4.57 Å². The molecule has 0 aliphatic rings. The van der Waals surface area contributed by atoms with E-state index >= 15 is 0 Å². The topological polar surface area (TPSA) is 120 Å². The summed E-state index contributed by atoms with van der Waals surface area (Å²) in [5.41, 5.74) is 2.55. The van der Waals surface area contributed by atoms with Gasteiger partial charge in [0, 0.05) is 17.1 Å². The largest absolute Gasteiger partial charge is 0.452 e. The Morgan fingerprint density at radius 1 is 1.14 bits per heavy atom. The zero-order valence-electron chi connectivity index (χ0n) is 15.7. The lowest BCUT2D eigenvalue weighted by Gasteiger charge is -2.10. The van der Waals surface area contributed by atoms with Crippen molar-refractivity contribution in [2.45, 2.75) is 18.7 Å². The SMILES string of the molecule is Cc1ccc(C)n1-c1sccc1C(=O)OCC(=O)Nc1cccc(S(N)(=O)=O)c1. The van der Waals surface area contributed by atoms with Crippen LogP contribution in [0, 0.1) is 13.8 Å². The van der Waals surface area contributed by atoms with E-state index < -0.39 is 28.5 Å². The third kappa shape index (κ3) is 4.73. The summed E-state index contributed by atoms with van der Waals surface area (Å²) in [6.07, 6.45) is 0. The molecular formula is C19H19N3O5S2. The second kappa shape index (κ2) is 8.19. The lowest BCUT2D eigenvalue weighted by Crippen LogP contribution is -2.21. The molecule has 0 bridgehead atoms. The van der Waals surface area contributed by atoms with Crippen molar-refractivity contribution in [2.24, 2.45) is 5.14 Å². The van der Waals surface area contributed by atoms with Crippen molar-refractivity contribution in [3.8, 4) is 5.00 Å². The van der Waals surface area contributed by atoms with Crippen LogP contribution in [-0.2, 0) is 19.6 Å². The Balaban J connectivity index is 1.67. The van der Waals surface area contributed by atoms with Gasteiger partial charge in [-0.05, 0) is 55.6 Å². The average molecular weight is 434 g/mol. The fourth-order valence-corrected chi connectivity index (χ4v) is 4.34. The van der Waals surface area contributed by atoms with Gasteiger partial charge in [-0.25, -0.2) is 18.4 Å². The van der Waals surface area contributed by atoms with E-state index in [1.165, 1.54) is 35.6 Å². The number of ether oxygens (including phenoxy) is 1. The summed E-state index contributed by atoms with van der Waals surface area (Å²) in [7, 11) is -3.89. The van der Waals surface area contributed by atoms with Crippen LogP contribution < -0.4 is 10.5 Å². The molecule has 2 heterocycles. The Hall–Kier alpha value is -2.95. The van der Waals surface area contributed by atoms with Gasteiger partial charge in [0.1, 0.15) is 5.00 Å². The van der Waals surface area contributed by atoms with E-state index in [4.69, 9.17) is 9.88 Å². The summed E-state index contributed by atoms with van der Waals surface area (Å²) in [5.74, 6) is -1.22. The van der Waals surface area contributed by atoms with Gasteiger partial charge in [-0.3, -0.25) is 4.79 Å². The number of rotatable bonds is 6. The molecule has 2 aromatic heterocycles. The zero-order chi connectivity index (χ0) is 21.2. The molecule has 152 valence electrons. The minimum absolute atomic E-state index is 0.132. The molecule has 8 nitrogen and oxygen atoms in total. The number of benzene rings is 1. The minimum Gasteiger partial charge on any atom is -0.452 e. The summed E-state index contributed by atoms with van der Waals surface area (Å²) in [5, 5.41) is 10.1. The molecule has 0 radical (unpaired) electrons. The van der Waals surface area contributed by atoms with E-state index in [0.29, 0.717) is 5.56 Å². The third-order valence-electron chi connectivity index (χ3n) is 4.12. The molecule has 3 N–H and O–H groups in total. The molecule has 10 heteroatoms. The number of hydrogen-bond acceptors (Lipinski definition) is 6. The number of carbonyl (C=O) groups excluding carboxylic acids is 2. The van der Waals surface area contributed by atoms with Crippen molar-refractivity contribution < 1.29 is 22.7 Å². The molecule has 0 aliphatic heterocycles. The number of anilines is 1. The number of esters is 1. The van der Waals surface area contributed by atoms with Gasteiger partial charge in [0.05, 0.1) is 10.5 Å². The van der Waals surface area contributed by atoms with Crippen LogP contribution in [0.15, 0.2) is 52.7 Å². The number of hydrogen-bond donors (Lipinski definition) is 2. The first-order valence-corrected chi connectivity index (χ1v) is 10.9. The first-order valence-electron chi connectivity index (χ1n) is 8.49. The Morgan fingerprint density at radius 3 is 2.48 bits per heavy atom. The summed E-state index contributed by atoms with van der Waals surface area (Å²) in [6, 6.07) is 11.0. The Labute approximate surface area is 172 Å². The number of primary sulfonamides is 1. The van der Waals surface area contributed by atoms with Crippen molar-refractivity contribution in [1.29, 1.82) is 0 Å².